The van der Waals surface area contributed by atoms with E-state index < -0.39 is 63.9 Å². The Labute approximate surface area is 243 Å². The van der Waals surface area contributed by atoms with Crippen molar-refractivity contribution in [3.63, 3.8) is 0 Å². The van der Waals surface area contributed by atoms with Gasteiger partial charge in [0.15, 0.2) is 17.4 Å². The topological polar surface area (TPSA) is 207 Å². The van der Waals surface area contributed by atoms with Gasteiger partial charge in [-0.25, -0.2) is 9.55 Å². The van der Waals surface area contributed by atoms with E-state index in [1.54, 1.807) is 0 Å². The molecule has 6 heterocycles. The molecule has 1 aromatic carbocycles. The van der Waals surface area contributed by atoms with E-state index in [0.717, 1.165) is 10.9 Å². The molecule has 3 fully saturated rings. The first kappa shape index (κ1) is 28.4. The molecule has 42 heavy (non-hydrogen) atoms. The van der Waals surface area contributed by atoms with E-state index in [2.05, 4.69) is 27.2 Å². The number of aromatic amines is 1. The summed E-state index contributed by atoms with van der Waals surface area (Å²) < 4.78 is 51.7. The number of rotatable bonds is 2. The minimum absolute atomic E-state index is 0.0397. The summed E-state index contributed by atoms with van der Waals surface area (Å²) in [7, 11) is -2.45. The molecular formula is C23H26N6O10P2S. The fourth-order valence-electron chi connectivity index (χ4n) is 5.45. The molecule has 0 saturated carbocycles. The molecule has 0 aliphatic carbocycles. The number of para-hydroxylation sites is 1. The zero-order valence-corrected chi connectivity index (χ0v) is 24.3. The minimum atomic E-state index is -4.17. The number of H-pyrrole nitrogens is 1. The number of aromatic nitrogens is 5. The van der Waals surface area contributed by atoms with Gasteiger partial charge in [0, 0.05) is 12.6 Å². The SMILES string of the molecule is Nc1nc2c(ncn2C2OC3COP(O)OC4CC(n5ccc6ccccc65)OC4COP(=O)(S)OC2C3O)c(=O)[nH]1. The first-order valence-corrected chi connectivity index (χ1v) is 16.7. The number of benzene rings is 1. The van der Waals surface area contributed by atoms with Crippen molar-refractivity contribution in [2.45, 2.75) is 49.4 Å². The van der Waals surface area contributed by atoms with Crippen LogP contribution in [0.1, 0.15) is 18.9 Å². The lowest BCUT2D eigenvalue weighted by atomic mass is 10.1. The number of aliphatic hydroxyl groups excluding tert-OH is 1. The van der Waals surface area contributed by atoms with Gasteiger partial charge < -0.3 is 38.8 Å². The van der Waals surface area contributed by atoms with Crippen LogP contribution in [0.2, 0.25) is 0 Å². The van der Waals surface area contributed by atoms with E-state index in [-0.39, 0.29) is 30.3 Å². The first-order chi connectivity index (χ1) is 20.2. The highest BCUT2D eigenvalue weighted by Crippen LogP contribution is 2.57. The van der Waals surface area contributed by atoms with Gasteiger partial charge in [-0.3, -0.25) is 23.4 Å². The molecule has 3 aliphatic heterocycles. The maximum Gasteiger partial charge on any atom is 0.386 e. The van der Waals surface area contributed by atoms with Gasteiger partial charge in [0.25, 0.3) is 5.56 Å². The van der Waals surface area contributed by atoms with Crippen LogP contribution in [-0.2, 0) is 32.1 Å². The van der Waals surface area contributed by atoms with E-state index in [4.69, 9.17) is 33.3 Å². The zero-order valence-electron chi connectivity index (χ0n) is 21.6. The number of ether oxygens (including phenoxy) is 2. The maximum atomic E-state index is 13.5. The van der Waals surface area contributed by atoms with E-state index in [1.807, 2.05) is 41.1 Å². The number of nitrogens with zero attached hydrogens (tertiary/aromatic N) is 4. The average molecular weight is 641 g/mol. The Morgan fingerprint density at radius 1 is 1.14 bits per heavy atom. The third-order valence-electron chi connectivity index (χ3n) is 7.39. The van der Waals surface area contributed by atoms with Crippen molar-refractivity contribution in [2.75, 3.05) is 18.9 Å². The second-order valence-corrected chi connectivity index (χ2v) is 13.8. The van der Waals surface area contributed by atoms with Crippen molar-refractivity contribution in [1.82, 2.24) is 24.1 Å². The summed E-state index contributed by atoms with van der Waals surface area (Å²) in [6.45, 7) is -4.76. The van der Waals surface area contributed by atoms with Gasteiger partial charge in [-0.15, -0.1) is 0 Å². The highest BCUT2D eigenvalue weighted by molar-refractivity contribution is 8.44. The largest absolute Gasteiger partial charge is 0.387 e. The monoisotopic (exact) mass is 640 g/mol. The number of fused-ring (bicyclic) bond motifs is 5. The predicted molar refractivity (Wildman–Crippen MR) is 150 cm³/mol. The third kappa shape index (κ3) is 5.18. The molecule has 0 amide bonds. The Morgan fingerprint density at radius 3 is 2.83 bits per heavy atom. The van der Waals surface area contributed by atoms with Crippen molar-refractivity contribution in [2.24, 2.45) is 0 Å². The highest BCUT2D eigenvalue weighted by Gasteiger charge is 2.50. The fraction of sp³-hybridized carbons (Fsp3) is 0.435. The molecule has 16 nitrogen and oxygen atoms in total. The second kappa shape index (κ2) is 10.9. The lowest BCUT2D eigenvalue weighted by Gasteiger charge is -2.26. The van der Waals surface area contributed by atoms with E-state index in [0.29, 0.717) is 6.42 Å². The molecule has 5 N–H and O–H groups in total. The molecule has 3 aliphatic rings. The maximum absolute atomic E-state index is 13.5. The Bertz CT molecular complexity index is 1730. The second-order valence-electron chi connectivity index (χ2n) is 9.99. The van der Waals surface area contributed by atoms with Crippen LogP contribution in [0.4, 0.5) is 5.95 Å². The Kier molecular flexibility index (Phi) is 7.40. The van der Waals surface area contributed by atoms with Gasteiger partial charge in [-0.05, 0) is 17.5 Å². The molecule has 19 heteroatoms. The van der Waals surface area contributed by atoms with Gasteiger partial charge in [-0.1, -0.05) is 30.4 Å². The van der Waals surface area contributed by atoms with Crippen LogP contribution in [0.5, 0.6) is 0 Å². The number of anilines is 1. The molecular weight excluding hydrogens is 614 g/mol. The summed E-state index contributed by atoms with van der Waals surface area (Å²) in [5, 5.41) is 12.1. The van der Waals surface area contributed by atoms with Crippen LogP contribution in [0, 0.1) is 0 Å². The first-order valence-electron chi connectivity index (χ1n) is 12.9. The normalized spacial score (nSPS) is 36.0. The number of hydrogen-bond donors (Lipinski definition) is 5. The quantitative estimate of drug-likeness (QED) is 0.157. The van der Waals surface area contributed by atoms with Gasteiger partial charge in [0.1, 0.15) is 30.6 Å². The number of nitrogen functional groups attached to an aromatic ring is 1. The number of nitrogens with one attached hydrogen (secondary N) is 1. The Morgan fingerprint density at radius 2 is 1.98 bits per heavy atom. The number of thiol groups is 1. The average Bonchev–Trinajstić information content (AvgIpc) is 3.71. The van der Waals surface area contributed by atoms with Gasteiger partial charge in [0.05, 0.1) is 31.2 Å². The summed E-state index contributed by atoms with van der Waals surface area (Å²) in [6.07, 6.45) is -3.50. The standard InChI is InChI=1S/C23H26N6O10P2S/c24-23-26-20-17(21(31)27-23)25-10-29(20)22-19-18(30)15(37-22)8-34-40(32)38-13-7-16(36-14(13)9-35-41(33,42)39-19)28-6-5-11-3-1-2-4-12(11)28/h1-6,10,13-16,18-19,22,30,32H,7-9H2,(H,33,42)(H3,24,26,27,31). The van der Waals surface area contributed by atoms with Crippen LogP contribution >= 0.6 is 27.6 Å². The molecule has 9 unspecified atom stereocenters. The lowest BCUT2D eigenvalue weighted by molar-refractivity contribution is -0.0579. The summed E-state index contributed by atoms with van der Waals surface area (Å²) in [5.74, 6) is -0.170. The van der Waals surface area contributed by atoms with Crippen LogP contribution in [-0.4, -0.2) is 77.8 Å². The molecule has 224 valence electrons. The van der Waals surface area contributed by atoms with Gasteiger partial charge in [0.2, 0.25) is 5.95 Å². The number of hydrogen-bond acceptors (Lipinski definition) is 13. The molecule has 2 bridgehead atoms. The third-order valence-corrected chi connectivity index (χ3v) is 9.83. The van der Waals surface area contributed by atoms with Gasteiger partial charge in [-0.2, -0.15) is 4.98 Å². The van der Waals surface area contributed by atoms with Crippen LogP contribution in [0.3, 0.4) is 0 Å². The number of imidazole rings is 1. The van der Waals surface area contributed by atoms with Crippen molar-refractivity contribution in [3.05, 3.63) is 53.2 Å². The van der Waals surface area contributed by atoms with Crippen molar-refractivity contribution in [1.29, 1.82) is 0 Å². The number of nitrogens with two attached hydrogens (primary N) is 1. The minimum Gasteiger partial charge on any atom is -0.387 e. The van der Waals surface area contributed by atoms with Crippen LogP contribution in [0.15, 0.2) is 47.7 Å². The molecule has 7 rings (SSSR count). The molecule has 0 spiro atoms. The highest BCUT2D eigenvalue weighted by atomic mass is 32.7. The van der Waals surface area contributed by atoms with Crippen molar-refractivity contribution >= 4 is 55.7 Å². The molecule has 9 atom stereocenters. The molecule has 3 saturated heterocycles. The van der Waals surface area contributed by atoms with Crippen LogP contribution in [0.25, 0.3) is 22.1 Å². The molecule has 4 aromatic rings. The molecule has 0 radical (unpaired) electrons. The molecule has 3 aromatic heterocycles. The van der Waals surface area contributed by atoms with E-state index in [9.17, 15) is 19.4 Å². The Balaban J connectivity index is 1.16. The van der Waals surface area contributed by atoms with Crippen molar-refractivity contribution < 1.29 is 42.1 Å². The van der Waals surface area contributed by atoms with Gasteiger partial charge >= 0.3 is 15.4 Å². The Hall–Kier alpha value is -2.40. The van der Waals surface area contributed by atoms with Crippen molar-refractivity contribution in [3.8, 4) is 0 Å². The zero-order chi connectivity index (χ0) is 29.2. The summed E-state index contributed by atoms with van der Waals surface area (Å²) in [6, 6.07) is 9.77. The van der Waals surface area contributed by atoms with Crippen LogP contribution < -0.4 is 11.3 Å². The fourth-order valence-corrected chi connectivity index (χ4v) is 7.69. The summed E-state index contributed by atoms with van der Waals surface area (Å²) in [4.78, 5) is 33.5. The lowest BCUT2D eigenvalue weighted by Crippen LogP contribution is -2.35. The van der Waals surface area contributed by atoms with E-state index in [1.165, 1.54) is 10.9 Å². The predicted octanol–water partition coefficient (Wildman–Crippen LogP) is 1.98. The van der Waals surface area contributed by atoms with E-state index >= 15 is 0 Å². The summed E-state index contributed by atoms with van der Waals surface area (Å²) >= 11 is 4.15. The summed E-state index contributed by atoms with van der Waals surface area (Å²) in [5.41, 5.74) is 6.08. The number of aliphatic hydroxyl groups is 1. The smallest absolute Gasteiger partial charge is 0.386 e.